The second-order valence-corrected chi connectivity index (χ2v) is 4.58. The third-order valence-corrected chi connectivity index (χ3v) is 2.67. The minimum atomic E-state index is -0.233. The van der Waals surface area contributed by atoms with E-state index in [0.717, 1.165) is 25.3 Å². The van der Waals surface area contributed by atoms with E-state index < -0.39 is 0 Å². The van der Waals surface area contributed by atoms with E-state index >= 15 is 0 Å². The van der Waals surface area contributed by atoms with Crippen LogP contribution in [-0.4, -0.2) is 31.4 Å². The molecule has 1 aromatic rings. The van der Waals surface area contributed by atoms with Gasteiger partial charge in [-0.2, -0.15) is 0 Å². The Balaban J connectivity index is 2.39. The van der Waals surface area contributed by atoms with Gasteiger partial charge in [-0.25, -0.2) is 0 Å². The molecule has 3 heteroatoms. The zero-order chi connectivity index (χ0) is 13.4. The first kappa shape index (κ1) is 14.7. The molecule has 0 aromatic heterocycles. The Morgan fingerprint density at radius 2 is 2.06 bits per heavy atom. The van der Waals surface area contributed by atoms with Gasteiger partial charge in [-0.1, -0.05) is 23.8 Å². The van der Waals surface area contributed by atoms with Gasteiger partial charge in [0.05, 0.1) is 13.2 Å². The molecule has 0 saturated heterocycles. The van der Waals surface area contributed by atoms with Crippen LogP contribution in [0.3, 0.4) is 0 Å². The monoisotopic (exact) mass is 249 g/mol. The van der Waals surface area contributed by atoms with Gasteiger partial charge >= 0.3 is 0 Å². The number of hydrogen-bond donors (Lipinski definition) is 2. The maximum atomic E-state index is 9.14. The first-order valence-corrected chi connectivity index (χ1v) is 6.32. The van der Waals surface area contributed by atoms with Crippen molar-refractivity contribution in [2.45, 2.75) is 26.4 Å². The molecule has 0 amide bonds. The Labute approximate surface area is 109 Å². The Kier molecular flexibility index (Phi) is 6.47. The fourth-order valence-electron chi connectivity index (χ4n) is 1.63. The first-order chi connectivity index (χ1) is 8.61. The number of benzene rings is 1. The lowest BCUT2D eigenvalue weighted by atomic mass is 10.1. The molecule has 3 nitrogen and oxygen atoms in total. The van der Waals surface area contributed by atoms with E-state index in [0.29, 0.717) is 0 Å². The molecule has 1 aromatic carbocycles. The van der Waals surface area contributed by atoms with Gasteiger partial charge in [0.25, 0.3) is 0 Å². The van der Waals surface area contributed by atoms with Crippen molar-refractivity contribution in [3.8, 4) is 5.75 Å². The smallest absolute Gasteiger partial charge is 0.118 e. The summed E-state index contributed by atoms with van der Waals surface area (Å²) in [6, 6.07) is 8.00. The fraction of sp³-hybridized carbons (Fsp3) is 0.467. The van der Waals surface area contributed by atoms with Crippen molar-refractivity contribution in [3.63, 3.8) is 0 Å². The van der Waals surface area contributed by atoms with Gasteiger partial charge in [0.2, 0.25) is 0 Å². The molecule has 0 aliphatic carbocycles. The van der Waals surface area contributed by atoms with E-state index in [-0.39, 0.29) is 6.10 Å². The predicted octanol–water partition coefficient (Wildman–Crippen LogP) is 2.46. The maximum absolute atomic E-state index is 9.14. The Morgan fingerprint density at radius 1 is 1.39 bits per heavy atom. The zero-order valence-corrected chi connectivity index (χ0v) is 11.4. The molecule has 1 atom stereocenters. The van der Waals surface area contributed by atoms with E-state index in [9.17, 15) is 0 Å². The third-order valence-electron chi connectivity index (χ3n) is 2.67. The van der Waals surface area contributed by atoms with Gasteiger partial charge in [-0.15, -0.1) is 0 Å². The molecule has 0 radical (unpaired) electrons. The van der Waals surface area contributed by atoms with Crippen LogP contribution in [0.4, 0.5) is 0 Å². The Bertz CT molecular complexity index is 369. The molecule has 1 unspecified atom stereocenters. The minimum absolute atomic E-state index is 0.233. The molecule has 2 N–H and O–H groups in total. The Hall–Kier alpha value is -1.32. The van der Waals surface area contributed by atoms with Crippen molar-refractivity contribution in [2.75, 3.05) is 20.2 Å². The Morgan fingerprint density at radius 3 is 2.61 bits per heavy atom. The molecule has 0 spiro atoms. The highest BCUT2D eigenvalue weighted by Crippen LogP contribution is 2.13. The summed E-state index contributed by atoms with van der Waals surface area (Å²) < 4.78 is 5.12. The van der Waals surface area contributed by atoms with E-state index in [4.69, 9.17) is 9.84 Å². The summed E-state index contributed by atoms with van der Waals surface area (Å²) in [5.41, 5.74) is 2.44. The first-order valence-electron chi connectivity index (χ1n) is 6.32. The standard InChI is InChI=1S/C15H23NO2/c1-12(11-16-9-8-13(2)17)10-14-4-6-15(18-3)7-5-14/h4-7,10,13,16-17H,8-9,11H2,1-3H3/b12-10-. The van der Waals surface area contributed by atoms with Crippen LogP contribution in [0.5, 0.6) is 5.75 Å². The number of hydrogen-bond acceptors (Lipinski definition) is 3. The summed E-state index contributed by atoms with van der Waals surface area (Å²) in [6.45, 7) is 5.59. The fourth-order valence-corrected chi connectivity index (χ4v) is 1.63. The normalized spacial score (nSPS) is 13.4. The zero-order valence-electron chi connectivity index (χ0n) is 11.4. The summed E-state index contributed by atoms with van der Waals surface area (Å²) in [4.78, 5) is 0. The summed E-state index contributed by atoms with van der Waals surface area (Å²) in [7, 11) is 1.67. The van der Waals surface area contributed by atoms with E-state index in [2.05, 4.69) is 18.3 Å². The maximum Gasteiger partial charge on any atom is 0.118 e. The summed E-state index contributed by atoms with van der Waals surface area (Å²) in [5.74, 6) is 0.875. The average molecular weight is 249 g/mol. The molecule has 1 rings (SSSR count). The molecule has 0 saturated carbocycles. The van der Waals surface area contributed by atoms with Crippen molar-refractivity contribution in [2.24, 2.45) is 0 Å². The molecule has 0 aliphatic rings. The number of nitrogens with one attached hydrogen (secondary N) is 1. The van der Waals surface area contributed by atoms with Crippen LogP contribution in [-0.2, 0) is 0 Å². The van der Waals surface area contributed by atoms with Crippen molar-refractivity contribution < 1.29 is 9.84 Å². The van der Waals surface area contributed by atoms with Crippen LogP contribution in [0, 0.1) is 0 Å². The highest BCUT2D eigenvalue weighted by Gasteiger charge is 1.96. The molecule has 0 aliphatic heterocycles. The number of rotatable bonds is 7. The summed E-state index contributed by atoms with van der Waals surface area (Å²) in [6.07, 6.45) is 2.70. The lowest BCUT2D eigenvalue weighted by Gasteiger charge is -2.07. The van der Waals surface area contributed by atoms with Gasteiger partial charge in [-0.05, 0) is 44.5 Å². The van der Waals surface area contributed by atoms with E-state index in [1.54, 1.807) is 7.11 Å². The molecule has 18 heavy (non-hydrogen) atoms. The van der Waals surface area contributed by atoms with Gasteiger partial charge in [0, 0.05) is 6.54 Å². The molecule has 100 valence electrons. The topological polar surface area (TPSA) is 41.5 Å². The van der Waals surface area contributed by atoms with Gasteiger partial charge in [0.15, 0.2) is 0 Å². The van der Waals surface area contributed by atoms with Crippen LogP contribution in [0.15, 0.2) is 29.8 Å². The molecule has 0 fully saturated rings. The summed E-state index contributed by atoms with van der Waals surface area (Å²) >= 11 is 0. The lowest BCUT2D eigenvalue weighted by Crippen LogP contribution is -2.20. The molecular weight excluding hydrogens is 226 g/mol. The molecule has 0 heterocycles. The van der Waals surface area contributed by atoms with Crippen LogP contribution in [0.1, 0.15) is 25.8 Å². The number of aliphatic hydroxyl groups is 1. The number of aliphatic hydroxyl groups excluding tert-OH is 1. The van der Waals surface area contributed by atoms with Crippen LogP contribution >= 0.6 is 0 Å². The van der Waals surface area contributed by atoms with Crippen LogP contribution in [0.25, 0.3) is 6.08 Å². The average Bonchev–Trinajstić information content (AvgIpc) is 2.35. The largest absolute Gasteiger partial charge is 0.497 e. The van der Waals surface area contributed by atoms with Crippen LogP contribution < -0.4 is 10.1 Å². The number of methoxy groups -OCH3 is 1. The van der Waals surface area contributed by atoms with Gasteiger partial charge in [-0.3, -0.25) is 0 Å². The summed E-state index contributed by atoms with van der Waals surface area (Å²) in [5, 5.41) is 12.4. The second kappa shape index (κ2) is 7.90. The van der Waals surface area contributed by atoms with Gasteiger partial charge < -0.3 is 15.2 Å². The SMILES string of the molecule is COc1ccc(/C=C(/C)CNCCC(C)O)cc1. The van der Waals surface area contributed by atoms with Crippen molar-refractivity contribution in [3.05, 3.63) is 35.4 Å². The van der Waals surface area contributed by atoms with Crippen molar-refractivity contribution in [1.29, 1.82) is 0 Å². The van der Waals surface area contributed by atoms with Gasteiger partial charge in [0.1, 0.15) is 5.75 Å². The van der Waals surface area contributed by atoms with Crippen molar-refractivity contribution >= 4 is 6.08 Å². The third kappa shape index (κ3) is 5.84. The second-order valence-electron chi connectivity index (χ2n) is 4.58. The highest BCUT2D eigenvalue weighted by molar-refractivity contribution is 5.53. The minimum Gasteiger partial charge on any atom is -0.497 e. The van der Waals surface area contributed by atoms with Crippen LogP contribution in [0.2, 0.25) is 0 Å². The lowest BCUT2D eigenvalue weighted by molar-refractivity contribution is 0.184. The quantitative estimate of drug-likeness (QED) is 0.729. The predicted molar refractivity (Wildman–Crippen MR) is 75.8 cm³/mol. The molecular formula is C15H23NO2. The van der Waals surface area contributed by atoms with E-state index in [1.807, 2.05) is 31.2 Å². The highest BCUT2D eigenvalue weighted by atomic mass is 16.5. The van der Waals surface area contributed by atoms with Crippen molar-refractivity contribution in [1.82, 2.24) is 5.32 Å². The molecule has 0 bridgehead atoms. The number of ether oxygens (including phenoxy) is 1. The van der Waals surface area contributed by atoms with E-state index in [1.165, 1.54) is 11.1 Å².